The normalized spacial score (nSPS) is 9.46. The van der Waals surface area contributed by atoms with E-state index in [1.807, 2.05) is 42.9 Å². The zero-order valence-electron chi connectivity index (χ0n) is 7.91. The van der Waals surface area contributed by atoms with Crippen molar-refractivity contribution in [2.75, 3.05) is 19.4 Å². The minimum Gasteiger partial charge on any atom is -0.290 e. The van der Waals surface area contributed by atoms with Crippen molar-refractivity contribution < 1.29 is 4.58 Å². The van der Waals surface area contributed by atoms with Crippen LogP contribution in [0.4, 0.5) is 5.69 Å². The number of benzene rings is 1. The quantitative estimate of drug-likeness (QED) is 0.291. The summed E-state index contributed by atoms with van der Waals surface area (Å²) >= 11 is 0. The number of nitrogens with one attached hydrogen (secondary N) is 1. The number of guanidine groups is 1. The van der Waals surface area contributed by atoms with E-state index >= 15 is 0 Å². The lowest BCUT2D eigenvalue weighted by molar-refractivity contribution is -0.465. The lowest BCUT2D eigenvalue weighted by Gasteiger charge is -2.02. The molecule has 4 heteroatoms. The zero-order valence-corrected chi connectivity index (χ0v) is 9.07. The van der Waals surface area contributed by atoms with Gasteiger partial charge in [0.15, 0.2) is 0 Å². The third-order valence-corrected chi connectivity index (χ3v) is 2.00. The predicted molar refractivity (Wildman–Crippen MR) is 60.7 cm³/mol. The van der Waals surface area contributed by atoms with E-state index in [4.69, 9.17) is 5.73 Å². The van der Waals surface area contributed by atoms with Crippen molar-refractivity contribution in [2.45, 2.75) is 0 Å². The molecule has 13 heavy (non-hydrogen) atoms. The molecule has 0 amide bonds. The molecule has 0 spiro atoms. The van der Waals surface area contributed by atoms with Gasteiger partial charge in [0.05, 0.1) is 19.8 Å². The highest BCUT2D eigenvalue weighted by atomic mass is 31.0. The van der Waals surface area contributed by atoms with Crippen LogP contribution in [0.5, 0.6) is 0 Å². The van der Waals surface area contributed by atoms with E-state index in [0.717, 1.165) is 11.0 Å². The highest BCUT2D eigenvalue weighted by molar-refractivity contribution is 7.27. The van der Waals surface area contributed by atoms with Crippen molar-refractivity contribution >= 4 is 26.2 Å². The Labute approximate surface area is 80.9 Å². The van der Waals surface area contributed by atoms with Crippen LogP contribution in [0.2, 0.25) is 0 Å². The van der Waals surface area contributed by atoms with E-state index in [1.165, 1.54) is 0 Å². The molecular weight excluding hydrogens is 181 g/mol. The summed E-state index contributed by atoms with van der Waals surface area (Å²) in [4.78, 5) is 0. The largest absolute Gasteiger partial charge is 0.347 e. The first kappa shape index (κ1) is 10.0. The monoisotopic (exact) mass is 196 g/mol. The Kier molecular flexibility index (Phi) is 3.26. The number of anilines is 1. The molecule has 0 aromatic heterocycles. The SMILES string of the molecule is C[N+](C)=C(N)Nc1cccc(P)c1. The van der Waals surface area contributed by atoms with Crippen LogP contribution in [0.25, 0.3) is 0 Å². The number of hydrogen-bond donors (Lipinski definition) is 2. The van der Waals surface area contributed by atoms with E-state index in [9.17, 15) is 0 Å². The molecule has 0 aliphatic heterocycles. The highest BCUT2D eigenvalue weighted by Gasteiger charge is 2.01. The summed E-state index contributed by atoms with van der Waals surface area (Å²) in [6, 6.07) is 7.99. The Bertz CT molecular complexity index is 329. The number of hydrogen-bond acceptors (Lipinski definition) is 0. The van der Waals surface area contributed by atoms with E-state index < -0.39 is 0 Å². The maximum atomic E-state index is 5.72. The first-order valence-electron chi connectivity index (χ1n) is 4.02. The van der Waals surface area contributed by atoms with Gasteiger partial charge in [-0.15, -0.1) is 9.24 Å². The molecule has 0 saturated carbocycles. The van der Waals surface area contributed by atoms with Gasteiger partial charge in [0.2, 0.25) is 0 Å². The Morgan fingerprint density at radius 3 is 2.69 bits per heavy atom. The second-order valence-corrected chi connectivity index (χ2v) is 3.70. The van der Waals surface area contributed by atoms with Crippen LogP contribution >= 0.6 is 9.24 Å². The van der Waals surface area contributed by atoms with Gasteiger partial charge < -0.3 is 0 Å². The van der Waals surface area contributed by atoms with Gasteiger partial charge in [0.1, 0.15) is 0 Å². The smallest absolute Gasteiger partial charge is 0.290 e. The van der Waals surface area contributed by atoms with Gasteiger partial charge in [-0.05, 0) is 17.4 Å². The molecule has 3 nitrogen and oxygen atoms in total. The fourth-order valence-electron chi connectivity index (χ4n) is 0.876. The zero-order chi connectivity index (χ0) is 9.84. The second kappa shape index (κ2) is 4.24. The summed E-state index contributed by atoms with van der Waals surface area (Å²) in [5.74, 6) is 0.635. The maximum absolute atomic E-state index is 5.72. The molecule has 1 aromatic rings. The molecule has 0 fully saturated rings. The summed E-state index contributed by atoms with van der Waals surface area (Å²) in [5.41, 5.74) is 6.72. The fraction of sp³-hybridized carbons (Fsp3) is 0.222. The van der Waals surface area contributed by atoms with E-state index in [1.54, 1.807) is 0 Å². The average molecular weight is 196 g/mol. The van der Waals surface area contributed by atoms with Crippen molar-refractivity contribution in [3.05, 3.63) is 24.3 Å². The summed E-state index contributed by atoms with van der Waals surface area (Å²) in [5, 5.41) is 4.22. The second-order valence-electron chi connectivity index (χ2n) is 3.03. The van der Waals surface area contributed by atoms with Crippen LogP contribution in [-0.2, 0) is 0 Å². The molecule has 70 valence electrons. The standard InChI is InChI=1S/C9H14N3P/c1-12(2)9(10)11-7-4-3-5-8(13)6-7/h3-6H,13H2,1-2H3,(H2,10,11)/p+1. The topological polar surface area (TPSA) is 41.1 Å². The van der Waals surface area contributed by atoms with Crippen molar-refractivity contribution in [3.63, 3.8) is 0 Å². The third kappa shape index (κ3) is 3.03. The molecular formula is C9H15N3P+. The molecule has 0 aliphatic rings. The van der Waals surface area contributed by atoms with Crippen LogP contribution in [-0.4, -0.2) is 24.6 Å². The lowest BCUT2D eigenvalue weighted by Crippen LogP contribution is -2.31. The lowest BCUT2D eigenvalue weighted by atomic mass is 10.3. The first-order chi connectivity index (χ1) is 6.09. The van der Waals surface area contributed by atoms with Crippen LogP contribution < -0.4 is 16.4 Å². The van der Waals surface area contributed by atoms with Gasteiger partial charge in [-0.1, -0.05) is 12.1 Å². The summed E-state index contributed by atoms with van der Waals surface area (Å²) in [6.07, 6.45) is 0. The van der Waals surface area contributed by atoms with Crippen LogP contribution in [0.1, 0.15) is 0 Å². The summed E-state index contributed by atoms with van der Waals surface area (Å²) in [6.45, 7) is 0. The minimum absolute atomic E-state index is 0.635. The molecule has 0 saturated heterocycles. The Morgan fingerprint density at radius 1 is 1.46 bits per heavy atom. The van der Waals surface area contributed by atoms with E-state index in [0.29, 0.717) is 5.96 Å². The van der Waals surface area contributed by atoms with Gasteiger partial charge in [-0.25, -0.2) is 5.32 Å². The van der Waals surface area contributed by atoms with Crippen molar-refractivity contribution in [1.82, 2.24) is 0 Å². The predicted octanol–water partition coefficient (Wildman–Crippen LogP) is 0.186. The molecule has 1 aromatic carbocycles. The van der Waals surface area contributed by atoms with Crippen molar-refractivity contribution in [2.24, 2.45) is 5.73 Å². The molecule has 0 heterocycles. The maximum Gasteiger partial charge on any atom is 0.347 e. The number of nitrogens with zero attached hydrogens (tertiary/aromatic N) is 1. The first-order valence-corrected chi connectivity index (χ1v) is 4.59. The van der Waals surface area contributed by atoms with Gasteiger partial charge in [0.25, 0.3) is 0 Å². The molecule has 1 rings (SSSR count). The van der Waals surface area contributed by atoms with Crippen LogP contribution in [0.3, 0.4) is 0 Å². The molecule has 0 aliphatic carbocycles. The fourth-order valence-corrected chi connectivity index (χ4v) is 1.17. The van der Waals surface area contributed by atoms with Gasteiger partial charge in [0, 0.05) is 0 Å². The molecule has 0 radical (unpaired) electrons. The molecule has 0 bridgehead atoms. The van der Waals surface area contributed by atoms with Gasteiger partial charge >= 0.3 is 5.96 Å². The van der Waals surface area contributed by atoms with Gasteiger partial charge in [-0.2, -0.15) is 0 Å². The minimum atomic E-state index is 0.635. The molecule has 1 unspecified atom stereocenters. The molecule has 1 atom stereocenters. The highest BCUT2D eigenvalue weighted by Crippen LogP contribution is 2.04. The average Bonchev–Trinajstić information content (AvgIpc) is 2.04. The summed E-state index contributed by atoms with van der Waals surface area (Å²) in [7, 11) is 6.44. The van der Waals surface area contributed by atoms with Crippen LogP contribution in [0.15, 0.2) is 24.3 Å². The van der Waals surface area contributed by atoms with E-state index in [2.05, 4.69) is 14.6 Å². The third-order valence-electron chi connectivity index (χ3n) is 1.64. The van der Waals surface area contributed by atoms with Gasteiger partial charge in [-0.3, -0.25) is 10.3 Å². The summed E-state index contributed by atoms with van der Waals surface area (Å²) < 4.78 is 1.83. The Morgan fingerprint density at radius 2 is 2.15 bits per heavy atom. The number of nitrogens with two attached hydrogens (primary N) is 1. The van der Waals surface area contributed by atoms with E-state index in [-0.39, 0.29) is 0 Å². The van der Waals surface area contributed by atoms with Crippen molar-refractivity contribution in [1.29, 1.82) is 0 Å². The Hall–Kier alpha value is -1.08. The molecule has 3 N–H and O–H groups in total. The Balaban J connectivity index is 2.81. The number of rotatable bonds is 1. The van der Waals surface area contributed by atoms with Crippen LogP contribution in [0, 0.1) is 0 Å². The van der Waals surface area contributed by atoms with Crippen molar-refractivity contribution in [3.8, 4) is 0 Å².